The molecular formula is C22H24F3N7O3. The second-order valence-corrected chi connectivity index (χ2v) is 7.95. The Morgan fingerprint density at radius 1 is 1.14 bits per heavy atom. The summed E-state index contributed by atoms with van der Waals surface area (Å²) in [5, 5.41) is 8.64. The Bertz CT molecular complexity index is 1150. The minimum Gasteiger partial charge on any atom is -0.379 e. The highest BCUT2D eigenvalue weighted by Gasteiger charge is 2.34. The summed E-state index contributed by atoms with van der Waals surface area (Å²) in [6, 6.07) is 5.48. The normalized spacial score (nSPS) is 17.2. The first-order chi connectivity index (χ1) is 16.7. The average molecular weight is 491 g/mol. The summed E-state index contributed by atoms with van der Waals surface area (Å²) in [4.78, 5) is 34.2. The molecule has 1 aromatic heterocycles. The van der Waals surface area contributed by atoms with Crippen molar-refractivity contribution in [2.24, 2.45) is 5.73 Å². The number of nitrogens with one attached hydrogen (secondary N) is 3. The van der Waals surface area contributed by atoms with Gasteiger partial charge < -0.3 is 26.4 Å². The van der Waals surface area contributed by atoms with E-state index in [4.69, 9.17) is 10.5 Å². The molecule has 186 valence electrons. The lowest BCUT2D eigenvalue weighted by Gasteiger charge is -2.26. The first kappa shape index (κ1) is 24.4. The molecular weight excluding hydrogens is 467 g/mol. The number of rotatable bonds is 7. The maximum atomic E-state index is 13.1. The number of fused-ring (bicyclic) bond motifs is 1. The molecule has 0 unspecified atom stereocenters. The van der Waals surface area contributed by atoms with Gasteiger partial charge in [0.2, 0.25) is 0 Å². The molecule has 2 aliphatic rings. The zero-order valence-corrected chi connectivity index (χ0v) is 18.6. The van der Waals surface area contributed by atoms with E-state index in [1.54, 1.807) is 18.2 Å². The Balaban J connectivity index is 1.44. The summed E-state index contributed by atoms with van der Waals surface area (Å²) in [6.45, 7) is 4.56. The smallest absolute Gasteiger partial charge is 0.379 e. The number of primary amides is 1. The Labute approximate surface area is 198 Å². The molecule has 1 fully saturated rings. The molecule has 0 bridgehead atoms. The van der Waals surface area contributed by atoms with Gasteiger partial charge in [-0.2, -0.15) is 13.2 Å². The van der Waals surface area contributed by atoms with Crippen LogP contribution in [-0.2, 0) is 15.7 Å². The van der Waals surface area contributed by atoms with E-state index in [0.717, 1.165) is 45.5 Å². The standard InChI is InChI=1S/C22H24F3N7O3/c23-22(24,25)16-4-6-27-19(31-16)17(18(26)33)20-29-14-3-2-13(12-15(14)30-20)21(34)28-5-1-7-32-8-10-35-11-9-32/h2-4,6,12,29-30H,1,5,7-11H2,(H2,26,33)(H,28,34). The molecule has 3 heterocycles. The highest BCUT2D eigenvalue weighted by molar-refractivity contribution is 6.20. The molecule has 35 heavy (non-hydrogen) atoms. The molecule has 0 atom stereocenters. The zero-order valence-electron chi connectivity index (χ0n) is 18.6. The molecule has 4 rings (SSSR count). The Kier molecular flexibility index (Phi) is 7.17. The fourth-order valence-electron chi connectivity index (χ4n) is 3.74. The van der Waals surface area contributed by atoms with E-state index >= 15 is 0 Å². The van der Waals surface area contributed by atoms with Gasteiger partial charge in [0, 0.05) is 31.4 Å². The van der Waals surface area contributed by atoms with Crippen LogP contribution in [0.3, 0.4) is 0 Å². The summed E-state index contributed by atoms with van der Waals surface area (Å²) in [5.74, 6) is -1.75. The van der Waals surface area contributed by atoms with Gasteiger partial charge in [-0.1, -0.05) is 0 Å². The van der Waals surface area contributed by atoms with Gasteiger partial charge in [0.05, 0.1) is 24.6 Å². The van der Waals surface area contributed by atoms with Crippen molar-refractivity contribution in [2.75, 3.05) is 50.0 Å². The fourth-order valence-corrected chi connectivity index (χ4v) is 3.74. The highest BCUT2D eigenvalue weighted by Crippen LogP contribution is 2.34. The SMILES string of the molecule is NC(=O)C(=C1Nc2ccc(C(=O)NCCCN3CCOCC3)cc2N1)c1nccc(C(F)(F)F)n1. The molecule has 0 radical (unpaired) electrons. The number of alkyl halides is 3. The van der Waals surface area contributed by atoms with Crippen molar-refractivity contribution in [3.05, 3.63) is 53.4 Å². The molecule has 13 heteroatoms. The van der Waals surface area contributed by atoms with Gasteiger partial charge >= 0.3 is 6.18 Å². The Morgan fingerprint density at radius 3 is 2.60 bits per heavy atom. The van der Waals surface area contributed by atoms with Crippen LogP contribution in [0.1, 0.15) is 28.3 Å². The van der Waals surface area contributed by atoms with Gasteiger partial charge in [0.1, 0.15) is 17.1 Å². The predicted octanol–water partition coefficient (Wildman–Crippen LogP) is 1.64. The van der Waals surface area contributed by atoms with E-state index in [1.807, 2.05) is 0 Å². The van der Waals surface area contributed by atoms with Gasteiger partial charge in [-0.3, -0.25) is 14.5 Å². The van der Waals surface area contributed by atoms with Crippen LogP contribution in [0.2, 0.25) is 0 Å². The van der Waals surface area contributed by atoms with E-state index in [-0.39, 0.29) is 17.3 Å². The van der Waals surface area contributed by atoms with Crippen LogP contribution in [0.25, 0.3) is 5.57 Å². The minimum atomic E-state index is -4.71. The number of nitrogens with two attached hydrogens (primary N) is 1. The lowest BCUT2D eigenvalue weighted by Crippen LogP contribution is -2.38. The number of hydrogen-bond acceptors (Lipinski definition) is 8. The van der Waals surface area contributed by atoms with Crippen molar-refractivity contribution < 1.29 is 27.5 Å². The molecule has 0 aliphatic carbocycles. The highest BCUT2D eigenvalue weighted by atomic mass is 19.4. The number of carbonyl (C=O) groups is 2. The van der Waals surface area contributed by atoms with Gasteiger partial charge in [0.15, 0.2) is 5.82 Å². The zero-order chi connectivity index (χ0) is 25.0. The number of morpholine rings is 1. The van der Waals surface area contributed by atoms with Crippen LogP contribution >= 0.6 is 0 Å². The molecule has 0 spiro atoms. The fraction of sp³-hybridized carbons (Fsp3) is 0.364. The van der Waals surface area contributed by atoms with Gasteiger partial charge in [-0.15, -0.1) is 0 Å². The lowest BCUT2D eigenvalue weighted by molar-refractivity contribution is -0.141. The second kappa shape index (κ2) is 10.3. The number of amides is 2. The van der Waals surface area contributed by atoms with E-state index in [0.29, 0.717) is 29.5 Å². The van der Waals surface area contributed by atoms with Crippen molar-refractivity contribution in [3.8, 4) is 0 Å². The molecule has 1 aromatic carbocycles. The van der Waals surface area contributed by atoms with Gasteiger partial charge in [-0.25, -0.2) is 9.97 Å². The van der Waals surface area contributed by atoms with E-state index in [1.165, 1.54) is 0 Å². The third kappa shape index (κ3) is 5.87. The number of aromatic nitrogens is 2. The molecule has 2 amide bonds. The number of benzene rings is 1. The molecule has 10 nitrogen and oxygen atoms in total. The van der Waals surface area contributed by atoms with Crippen molar-refractivity contribution in [1.29, 1.82) is 0 Å². The number of carbonyl (C=O) groups excluding carboxylic acids is 2. The van der Waals surface area contributed by atoms with Gasteiger partial charge in [0.25, 0.3) is 11.8 Å². The Hall–Kier alpha value is -3.71. The van der Waals surface area contributed by atoms with Crippen LogP contribution in [0.4, 0.5) is 24.5 Å². The van der Waals surface area contributed by atoms with Crippen LogP contribution in [0.5, 0.6) is 0 Å². The lowest BCUT2D eigenvalue weighted by atomic mass is 10.1. The summed E-state index contributed by atoms with van der Waals surface area (Å²) in [7, 11) is 0. The quantitative estimate of drug-likeness (QED) is 0.339. The molecule has 0 saturated carbocycles. The maximum absolute atomic E-state index is 13.1. The molecule has 5 N–H and O–H groups in total. The summed E-state index contributed by atoms with van der Waals surface area (Å²) in [6.07, 6.45) is -3.02. The second-order valence-electron chi connectivity index (χ2n) is 7.95. The largest absolute Gasteiger partial charge is 0.433 e. The first-order valence-corrected chi connectivity index (χ1v) is 10.9. The van der Waals surface area contributed by atoms with E-state index in [9.17, 15) is 22.8 Å². The summed E-state index contributed by atoms with van der Waals surface area (Å²) < 4.78 is 44.5. The molecule has 2 aromatic rings. The van der Waals surface area contributed by atoms with E-state index < -0.39 is 23.6 Å². The number of halogens is 3. The molecule has 1 saturated heterocycles. The monoisotopic (exact) mass is 491 g/mol. The third-order valence-corrected chi connectivity index (χ3v) is 5.51. The predicted molar refractivity (Wildman–Crippen MR) is 121 cm³/mol. The summed E-state index contributed by atoms with van der Waals surface area (Å²) >= 11 is 0. The van der Waals surface area contributed by atoms with Gasteiger partial charge in [-0.05, 0) is 37.2 Å². The number of anilines is 2. The Morgan fingerprint density at radius 2 is 1.89 bits per heavy atom. The van der Waals surface area contributed by atoms with Crippen molar-refractivity contribution >= 4 is 28.8 Å². The molecule has 2 aliphatic heterocycles. The van der Waals surface area contributed by atoms with Crippen LogP contribution < -0.4 is 21.7 Å². The van der Waals surface area contributed by atoms with E-state index in [2.05, 4.69) is 30.8 Å². The number of nitrogens with zero attached hydrogens (tertiary/aromatic N) is 3. The number of ether oxygens (including phenoxy) is 1. The average Bonchev–Trinajstić information content (AvgIpc) is 3.24. The van der Waals surface area contributed by atoms with Crippen LogP contribution in [-0.4, -0.2) is 66.1 Å². The maximum Gasteiger partial charge on any atom is 0.433 e. The first-order valence-electron chi connectivity index (χ1n) is 10.9. The summed E-state index contributed by atoms with van der Waals surface area (Å²) in [5.41, 5.74) is 5.22. The van der Waals surface area contributed by atoms with Crippen LogP contribution in [0, 0.1) is 0 Å². The van der Waals surface area contributed by atoms with Crippen molar-refractivity contribution in [3.63, 3.8) is 0 Å². The van der Waals surface area contributed by atoms with Crippen molar-refractivity contribution in [1.82, 2.24) is 20.2 Å². The topological polar surface area (TPSA) is 134 Å². The van der Waals surface area contributed by atoms with Crippen LogP contribution in [0.15, 0.2) is 36.3 Å². The third-order valence-electron chi connectivity index (χ3n) is 5.51. The van der Waals surface area contributed by atoms with Crippen molar-refractivity contribution in [2.45, 2.75) is 12.6 Å². The minimum absolute atomic E-state index is 0.0230. The number of hydrogen-bond donors (Lipinski definition) is 4.